The molecule has 6 nitrogen and oxygen atoms in total. The number of hydrogen-bond acceptors (Lipinski definition) is 3. The topological polar surface area (TPSA) is 54.7 Å². The van der Waals surface area contributed by atoms with Crippen LogP contribution in [0.25, 0.3) is 0 Å². The first-order valence-corrected chi connectivity index (χ1v) is 9.85. The van der Waals surface area contributed by atoms with Gasteiger partial charge in [-0.1, -0.05) is 24.3 Å². The molecule has 0 radical (unpaired) electrons. The predicted octanol–water partition coefficient (Wildman–Crippen LogP) is 2.70. The van der Waals surface area contributed by atoms with Crippen LogP contribution in [0.15, 0.2) is 41.7 Å². The maximum absolute atomic E-state index is 6.06. The molecule has 27 heavy (non-hydrogen) atoms. The molecular weight excluding hydrogens is 338 g/mol. The number of benzene rings is 1. The molecule has 1 N–H and O–H groups in total. The van der Waals surface area contributed by atoms with Gasteiger partial charge in [-0.2, -0.15) is 5.10 Å². The highest BCUT2D eigenvalue weighted by molar-refractivity contribution is 5.80. The van der Waals surface area contributed by atoms with Crippen LogP contribution in [0.2, 0.25) is 0 Å². The van der Waals surface area contributed by atoms with Crippen LogP contribution in [-0.2, 0) is 18.2 Å². The zero-order chi connectivity index (χ0) is 19.1. The Morgan fingerprint density at radius 1 is 1.37 bits per heavy atom. The Morgan fingerprint density at radius 2 is 2.22 bits per heavy atom. The van der Waals surface area contributed by atoms with Gasteiger partial charge in [-0.05, 0) is 43.4 Å². The van der Waals surface area contributed by atoms with Gasteiger partial charge in [0, 0.05) is 32.9 Å². The molecule has 1 atom stereocenters. The van der Waals surface area contributed by atoms with E-state index in [0.717, 1.165) is 51.6 Å². The van der Waals surface area contributed by atoms with E-state index in [-0.39, 0.29) is 6.10 Å². The maximum Gasteiger partial charge on any atom is 0.194 e. The summed E-state index contributed by atoms with van der Waals surface area (Å²) >= 11 is 0. The Bertz CT molecular complexity index is 755. The first kappa shape index (κ1) is 19.4. The van der Waals surface area contributed by atoms with E-state index in [9.17, 15) is 0 Å². The number of ether oxygens (including phenoxy) is 1. The molecular formula is C21H31N5O. The van der Waals surface area contributed by atoms with E-state index in [2.05, 4.69) is 59.6 Å². The van der Waals surface area contributed by atoms with Crippen molar-refractivity contribution < 1.29 is 4.74 Å². The Labute approximate surface area is 162 Å². The van der Waals surface area contributed by atoms with E-state index in [4.69, 9.17) is 9.73 Å². The number of aliphatic imine (C=N–C) groups is 1. The Morgan fingerprint density at radius 3 is 2.96 bits per heavy atom. The number of nitrogens with one attached hydrogen (secondary N) is 1. The van der Waals surface area contributed by atoms with E-state index in [1.54, 1.807) is 0 Å². The summed E-state index contributed by atoms with van der Waals surface area (Å²) in [5.74, 6) is 0.991. The van der Waals surface area contributed by atoms with Gasteiger partial charge in [-0.15, -0.1) is 0 Å². The van der Waals surface area contributed by atoms with Crippen LogP contribution >= 0.6 is 0 Å². The number of aromatic nitrogens is 2. The summed E-state index contributed by atoms with van der Waals surface area (Å²) in [4.78, 5) is 7.19. The Balaban J connectivity index is 1.60. The van der Waals surface area contributed by atoms with Crippen LogP contribution in [0.1, 0.15) is 36.1 Å². The van der Waals surface area contributed by atoms with Gasteiger partial charge in [0.1, 0.15) is 6.10 Å². The zero-order valence-electron chi connectivity index (χ0n) is 16.7. The number of nitrogens with zero attached hydrogens (tertiary/aromatic N) is 4. The van der Waals surface area contributed by atoms with Crippen molar-refractivity contribution >= 4 is 5.96 Å². The molecule has 146 valence electrons. The quantitative estimate of drug-likeness (QED) is 0.483. The minimum atomic E-state index is 0.0965. The number of aryl methyl sites for hydroxylation is 3. The van der Waals surface area contributed by atoms with E-state index in [1.807, 2.05) is 17.9 Å². The molecule has 0 saturated carbocycles. The van der Waals surface area contributed by atoms with Crippen LogP contribution in [0, 0.1) is 6.92 Å². The fraction of sp³-hybridized carbons (Fsp3) is 0.524. The summed E-state index contributed by atoms with van der Waals surface area (Å²) in [6.45, 7) is 8.37. The molecule has 0 amide bonds. The lowest BCUT2D eigenvalue weighted by Crippen LogP contribution is -2.48. The first-order chi connectivity index (χ1) is 13.2. The molecule has 1 unspecified atom stereocenters. The SMILES string of the molecule is CCNC(=NCCCc1cnn(C)c1)N1CCOC(c2ccccc2C)C1. The summed E-state index contributed by atoms with van der Waals surface area (Å²) in [5, 5.41) is 7.67. The number of rotatable bonds is 6. The molecule has 0 spiro atoms. The average molecular weight is 370 g/mol. The van der Waals surface area contributed by atoms with Crippen molar-refractivity contribution in [3.63, 3.8) is 0 Å². The van der Waals surface area contributed by atoms with Gasteiger partial charge in [0.05, 0.1) is 19.3 Å². The molecule has 1 aromatic heterocycles. The lowest BCUT2D eigenvalue weighted by Gasteiger charge is -2.35. The van der Waals surface area contributed by atoms with E-state index in [0.29, 0.717) is 0 Å². The molecule has 1 aromatic carbocycles. The lowest BCUT2D eigenvalue weighted by atomic mass is 10.0. The standard InChI is InChI=1S/C21H31N5O/c1-4-22-21(23-11-7-9-18-14-24-25(3)15-18)26-12-13-27-20(16-26)19-10-6-5-8-17(19)2/h5-6,8,10,14-15,20H,4,7,9,11-13,16H2,1-3H3,(H,22,23). The zero-order valence-corrected chi connectivity index (χ0v) is 16.7. The predicted molar refractivity (Wildman–Crippen MR) is 109 cm³/mol. The van der Waals surface area contributed by atoms with Gasteiger partial charge < -0.3 is 15.0 Å². The number of guanidine groups is 1. The third kappa shape index (κ3) is 5.32. The van der Waals surface area contributed by atoms with Gasteiger partial charge in [0.25, 0.3) is 0 Å². The molecule has 1 fully saturated rings. The van der Waals surface area contributed by atoms with Crippen LogP contribution in [0.3, 0.4) is 0 Å². The van der Waals surface area contributed by atoms with Gasteiger partial charge in [-0.25, -0.2) is 0 Å². The summed E-state index contributed by atoms with van der Waals surface area (Å²) < 4.78 is 7.90. The maximum atomic E-state index is 6.06. The molecule has 1 aliphatic rings. The molecule has 2 aromatic rings. The second-order valence-corrected chi connectivity index (χ2v) is 7.02. The van der Waals surface area contributed by atoms with E-state index in [1.165, 1.54) is 16.7 Å². The van der Waals surface area contributed by atoms with Crippen molar-refractivity contribution in [1.82, 2.24) is 20.0 Å². The van der Waals surface area contributed by atoms with Gasteiger partial charge in [0.15, 0.2) is 5.96 Å². The minimum Gasteiger partial charge on any atom is -0.370 e. The van der Waals surface area contributed by atoms with Crippen LogP contribution in [0.5, 0.6) is 0 Å². The highest BCUT2D eigenvalue weighted by Crippen LogP contribution is 2.25. The Kier molecular flexibility index (Phi) is 6.87. The fourth-order valence-electron chi connectivity index (χ4n) is 3.47. The smallest absolute Gasteiger partial charge is 0.194 e. The van der Waals surface area contributed by atoms with Gasteiger partial charge in [0.2, 0.25) is 0 Å². The minimum absolute atomic E-state index is 0.0965. The fourth-order valence-corrected chi connectivity index (χ4v) is 3.47. The lowest BCUT2D eigenvalue weighted by molar-refractivity contribution is -0.00832. The van der Waals surface area contributed by atoms with Crippen LogP contribution in [0.4, 0.5) is 0 Å². The molecule has 0 bridgehead atoms. The Hall–Kier alpha value is -2.34. The van der Waals surface area contributed by atoms with Crippen molar-refractivity contribution in [3.8, 4) is 0 Å². The second-order valence-electron chi connectivity index (χ2n) is 7.02. The summed E-state index contributed by atoms with van der Waals surface area (Å²) in [7, 11) is 1.95. The third-order valence-electron chi connectivity index (χ3n) is 4.88. The van der Waals surface area contributed by atoms with E-state index < -0.39 is 0 Å². The molecule has 3 rings (SSSR count). The first-order valence-electron chi connectivity index (χ1n) is 9.85. The van der Waals surface area contributed by atoms with Crippen molar-refractivity contribution in [3.05, 3.63) is 53.3 Å². The van der Waals surface area contributed by atoms with Crippen LogP contribution in [-0.4, -0.2) is 53.4 Å². The van der Waals surface area contributed by atoms with Crippen molar-refractivity contribution in [2.75, 3.05) is 32.8 Å². The molecule has 0 aliphatic carbocycles. The van der Waals surface area contributed by atoms with Crippen molar-refractivity contribution in [2.45, 2.75) is 32.8 Å². The second kappa shape index (κ2) is 9.55. The molecule has 2 heterocycles. The highest BCUT2D eigenvalue weighted by atomic mass is 16.5. The average Bonchev–Trinajstić information content (AvgIpc) is 3.10. The summed E-state index contributed by atoms with van der Waals surface area (Å²) in [6.07, 6.45) is 6.13. The highest BCUT2D eigenvalue weighted by Gasteiger charge is 2.25. The third-order valence-corrected chi connectivity index (χ3v) is 4.88. The summed E-state index contributed by atoms with van der Waals surface area (Å²) in [6, 6.07) is 8.48. The largest absolute Gasteiger partial charge is 0.370 e. The van der Waals surface area contributed by atoms with Crippen LogP contribution < -0.4 is 5.32 Å². The van der Waals surface area contributed by atoms with Gasteiger partial charge in [-0.3, -0.25) is 9.67 Å². The summed E-state index contributed by atoms with van der Waals surface area (Å²) in [5.41, 5.74) is 3.82. The molecule has 6 heteroatoms. The van der Waals surface area contributed by atoms with Crippen molar-refractivity contribution in [2.24, 2.45) is 12.0 Å². The monoisotopic (exact) mass is 369 g/mol. The number of hydrogen-bond donors (Lipinski definition) is 1. The molecule has 1 aliphatic heterocycles. The molecule has 1 saturated heterocycles. The normalized spacial score (nSPS) is 18.0. The van der Waals surface area contributed by atoms with Gasteiger partial charge >= 0.3 is 0 Å². The van der Waals surface area contributed by atoms with Crippen molar-refractivity contribution in [1.29, 1.82) is 0 Å². The van der Waals surface area contributed by atoms with E-state index >= 15 is 0 Å². The number of morpholine rings is 1.